The number of nitrogens with zero attached hydrogens (tertiary/aromatic N) is 3. The fourth-order valence-electron chi connectivity index (χ4n) is 5.27. The molecule has 2 rings (SSSR count). The average Bonchev–Trinajstić information content (AvgIpc) is 2.82. The van der Waals surface area contributed by atoms with E-state index in [-0.39, 0.29) is 34.7 Å². The summed E-state index contributed by atoms with van der Waals surface area (Å²) in [5.74, 6) is 0.921. The van der Waals surface area contributed by atoms with E-state index in [1.165, 1.54) is 0 Å². The first-order valence-electron chi connectivity index (χ1n) is 14.4. The summed E-state index contributed by atoms with van der Waals surface area (Å²) in [6, 6.07) is 0.711. The fourth-order valence-corrected chi connectivity index (χ4v) is 5.43. The third kappa shape index (κ3) is 10.7. The summed E-state index contributed by atoms with van der Waals surface area (Å²) in [5, 5.41) is 6.09. The van der Waals surface area contributed by atoms with Crippen molar-refractivity contribution in [2.45, 2.75) is 91.9 Å². The molecule has 0 aromatic rings. The van der Waals surface area contributed by atoms with Crippen LogP contribution >= 0.6 is 12.6 Å². The number of amides is 2. The van der Waals surface area contributed by atoms with Gasteiger partial charge < -0.3 is 15.4 Å². The maximum atomic E-state index is 13.1. The molecule has 2 aliphatic heterocycles. The van der Waals surface area contributed by atoms with Gasteiger partial charge in [-0.3, -0.25) is 24.3 Å². The van der Waals surface area contributed by atoms with Gasteiger partial charge in [0.15, 0.2) is 0 Å². The molecule has 9 heteroatoms. The molecule has 8 nitrogen and oxygen atoms in total. The third-order valence-corrected chi connectivity index (χ3v) is 8.56. The molecule has 0 aliphatic carbocycles. The van der Waals surface area contributed by atoms with Gasteiger partial charge >= 0.3 is 0 Å². The van der Waals surface area contributed by atoms with E-state index in [0.717, 1.165) is 71.9 Å². The molecule has 2 fully saturated rings. The molecular weight excluding hydrogens is 486 g/mol. The second-order valence-electron chi connectivity index (χ2n) is 12.6. The topological polar surface area (TPSA) is 77.1 Å². The maximum absolute atomic E-state index is 13.1. The smallest absolute Gasteiger partial charge is 0.276 e. The van der Waals surface area contributed by atoms with Crippen LogP contribution in [-0.2, 0) is 9.53 Å². The summed E-state index contributed by atoms with van der Waals surface area (Å²) in [6.07, 6.45) is 1.91. The Morgan fingerprint density at radius 3 is 2.00 bits per heavy atom. The molecule has 0 saturated carbocycles. The fraction of sp³-hybridized carbons (Fsp3) is 0.929. The molecule has 0 aromatic heterocycles. The summed E-state index contributed by atoms with van der Waals surface area (Å²) < 4.78 is 5.67. The van der Waals surface area contributed by atoms with Crippen molar-refractivity contribution in [3.63, 3.8) is 0 Å². The van der Waals surface area contributed by atoms with Gasteiger partial charge in [-0.1, -0.05) is 47.2 Å². The molecule has 2 N–H and O–H groups in total. The van der Waals surface area contributed by atoms with Crippen LogP contribution in [-0.4, -0.2) is 109 Å². The zero-order valence-electron chi connectivity index (χ0n) is 24.8. The lowest BCUT2D eigenvalue weighted by atomic mass is 9.96. The van der Waals surface area contributed by atoms with E-state index in [2.05, 4.69) is 93.4 Å². The molecule has 37 heavy (non-hydrogen) atoms. The molecule has 3 unspecified atom stereocenters. The molecular formula is C28H55N5O3S. The standard InChI is InChI=1S/C28H55N5O3S/c1-20(2)24(30-27(35)37)17-31-11-13-32(14-12-31)23(6)10-9-22(5)26(34)29-25(21(3)4)18-33-15-16-36-19-28(33,7)8/h20-25H,9-19H2,1-8H3,(H,29,34)(H2,30,35,37)/t22?,23?,24?,25-/m0/s1. The number of thiol groups is 1. The van der Waals surface area contributed by atoms with Crippen LogP contribution in [0, 0.1) is 17.8 Å². The monoisotopic (exact) mass is 541 g/mol. The number of nitrogens with one attached hydrogen (secondary N) is 2. The van der Waals surface area contributed by atoms with Crippen molar-refractivity contribution in [3.05, 3.63) is 0 Å². The summed E-state index contributed by atoms with van der Waals surface area (Å²) in [7, 11) is 0. The van der Waals surface area contributed by atoms with E-state index in [0.29, 0.717) is 17.9 Å². The lowest BCUT2D eigenvalue weighted by molar-refractivity contribution is -0.126. The highest BCUT2D eigenvalue weighted by Crippen LogP contribution is 2.21. The molecule has 2 saturated heterocycles. The summed E-state index contributed by atoms with van der Waals surface area (Å²) in [5.41, 5.74) is -0.00257. The van der Waals surface area contributed by atoms with Gasteiger partial charge in [-0.05, 0) is 45.4 Å². The molecule has 0 aromatic carbocycles. The van der Waals surface area contributed by atoms with E-state index in [9.17, 15) is 9.59 Å². The number of morpholine rings is 1. The lowest BCUT2D eigenvalue weighted by Crippen LogP contribution is -2.58. The van der Waals surface area contributed by atoms with Crippen molar-refractivity contribution in [1.82, 2.24) is 25.3 Å². The molecule has 2 amide bonds. The van der Waals surface area contributed by atoms with Crippen LogP contribution in [0.5, 0.6) is 0 Å². The van der Waals surface area contributed by atoms with Gasteiger partial charge in [-0.15, -0.1) is 0 Å². The van der Waals surface area contributed by atoms with Crippen LogP contribution in [0.1, 0.15) is 68.2 Å². The minimum absolute atomic E-state index is 0.000618. The maximum Gasteiger partial charge on any atom is 0.276 e. The van der Waals surface area contributed by atoms with Gasteiger partial charge in [0.05, 0.1) is 13.2 Å². The lowest BCUT2D eigenvalue weighted by Gasteiger charge is -2.44. The van der Waals surface area contributed by atoms with Crippen LogP contribution in [0.3, 0.4) is 0 Å². The van der Waals surface area contributed by atoms with Crippen molar-refractivity contribution >= 4 is 23.8 Å². The number of ether oxygens (including phenoxy) is 1. The number of carbonyl (C=O) groups excluding carboxylic acids is 2. The zero-order valence-corrected chi connectivity index (χ0v) is 25.7. The SMILES string of the molecule is CC(CCC(C)N1CCN(CC(NC(=O)S)C(C)C)CC1)C(=O)N[C@@H](CN1CCOCC1(C)C)C(C)C. The molecule has 2 aliphatic rings. The summed E-state index contributed by atoms with van der Waals surface area (Å²) >= 11 is 3.90. The molecule has 0 spiro atoms. The Hall–Kier alpha value is -0.870. The third-order valence-electron chi connectivity index (χ3n) is 8.43. The van der Waals surface area contributed by atoms with E-state index in [1.54, 1.807) is 0 Å². The normalized spacial score (nSPS) is 23.0. The first-order chi connectivity index (χ1) is 17.3. The Balaban J connectivity index is 1.77. The van der Waals surface area contributed by atoms with Crippen LogP contribution in [0.25, 0.3) is 0 Å². The predicted molar refractivity (Wildman–Crippen MR) is 155 cm³/mol. The first-order valence-corrected chi connectivity index (χ1v) is 14.8. The van der Waals surface area contributed by atoms with Gasteiger partial charge in [-0.2, -0.15) is 0 Å². The average molecular weight is 542 g/mol. The highest BCUT2D eigenvalue weighted by atomic mass is 32.1. The summed E-state index contributed by atoms with van der Waals surface area (Å²) in [4.78, 5) is 32.0. The Morgan fingerprint density at radius 2 is 1.46 bits per heavy atom. The van der Waals surface area contributed by atoms with E-state index in [1.807, 2.05) is 0 Å². The van der Waals surface area contributed by atoms with Gasteiger partial charge in [0, 0.05) is 75.4 Å². The van der Waals surface area contributed by atoms with Crippen LogP contribution in [0.15, 0.2) is 0 Å². The van der Waals surface area contributed by atoms with Gasteiger partial charge in [0.1, 0.15) is 0 Å². The number of hydrogen-bond donors (Lipinski definition) is 3. The van der Waals surface area contributed by atoms with Crippen LogP contribution in [0.4, 0.5) is 4.79 Å². The second-order valence-corrected chi connectivity index (χ2v) is 13.0. The second kappa shape index (κ2) is 15.1. The highest BCUT2D eigenvalue weighted by molar-refractivity contribution is 7.96. The number of carbonyl (C=O) groups is 2. The van der Waals surface area contributed by atoms with E-state index in [4.69, 9.17) is 4.74 Å². The van der Waals surface area contributed by atoms with Crippen molar-refractivity contribution in [2.75, 3.05) is 59.0 Å². The molecule has 4 atom stereocenters. The highest BCUT2D eigenvalue weighted by Gasteiger charge is 2.33. The van der Waals surface area contributed by atoms with Crippen molar-refractivity contribution < 1.29 is 14.3 Å². The predicted octanol–water partition coefficient (Wildman–Crippen LogP) is 3.32. The Morgan fingerprint density at radius 1 is 0.865 bits per heavy atom. The van der Waals surface area contributed by atoms with Crippen LogP contribution < -0.4 is 10.6 Å². The zero-order chi connectivity index (χ0) is 27.8. The molecule has 0 radical (unpaired) electrons. The van der Waals surface area contributed by atoms with Gasteiger partial charge in [-0.25, -0.2) is 0 Å². The van der Waals surface area contributed by atoms with Crippen molar-refractivity contribution in [1.29, 1.82) is 0 Å². The Kier molecular flexibility index (Phi) is 13.2. The molecule has 0 bridgehead atoms. The van der Waals surface area contributed by atoms with Crippen LogP contribution in [0.2, 0.25) is 0 Å². The van der Waals surface area contributed by atoms with Gasteiger partial charge in [0.2, 0.25) is 5.91 Å². The Labute approximate surface area is 232 Å². The van der Waals surface area contributed by atoms with Crippen molar-refractivity contribution in [3.8, 4) is 0 Å². The van der Waals surface area contributed by atoms with Gasteiger partial charge in [0.25, 0.3) is 5.24 Å². The molecule has 216 valence electrons. The summed E-state index contributed by atoms with van der Waals surface area (Å²) in [6.45, 7) is 25.6. The number of rotatable bonds is 13. The molecule has 2 heterocycles. The quantitative estimate of drug-likeness (QED) is 0.311. The van der Waals surface area contributed by atoms with E-state index < -0.39 is 0 Å². The minimum Gasteiger partial charge on any atom is -0.378 e. The van der Waals surface area contributed by atoms with Crippen molar-refractivity contribution in [2.24, 2.45) is 17.8 Å². The first kappa shape index (κ1) is 32.3. The number of hydrogen-bond acceptors (Lipinski definition) is 6. The number of piperazine rings is 1. The minimum atomic E-state index is -0.256. The largest absolute Gasteiger partial charge is 0.378 e. The van der Waals surface area contributed by atoms with E-state index >= 15 is 0 Å². The Bertz CT molecular complexity index is 712.